The van der Waals surface area contributed by atoms with Crippen LogP contribution in [0.1, 0.15) is 18.6 Å². The zero-order valence-electron chi connectivity index (χ0n) is 7.62. The van der Waals surface area contributed by atoms with Crippen LogP contribution in [-0.4, -0.2) is 6.79 Å². The first-order valence-corrected chi connectivity index (χ1v) is 4.54. The van der Waals surface area contributed by atoms with Gasteiger partial charge in [0.15, 0.2) is 11.5 Å². The molecule has 2 N–H and O–H groups in total. The van der Waals surface area contributed by atoms with Crippen molar-refractivity contribution in [2.45, 2.75) is 13.0 Å². The second-order valence-corrected chi connectivity index (χ2v) is 3.42. The van der Waals surface area contributed by atoms with Crippen LogP contribution in [0.15, 0.2) is 12.1 Å². The molecule has 1 unspecified atom stereocenters. The first kappa shape index (κ1) is 9.58. The van der Waals surface area contributed by atoms with Crippen LogP contribution in [0.3, 0.4) is 0 Å². The van der Waals surface area contributed by atoms with Gasteiger partial charge in [-0.2, -0.15) is 0 Å². The molecule has 14 heavy (non-hydrogen) atoms. The van der Waals surface area contributed by atoms with Crippen LogP contribution in [0.4, 0.5) is 0 Å². The number of halogens is 1. The van der Waals surface area contributed by atoms with Gasteiger partial charge >= 0.3 is 0 Å². The lowest BCUT2D eigenvalue weighted by Crippen LogP contribution is -2.05. The monoisotopic (exact) mass is 215 g/mol. The largest absolute Gasteiger partial charge is 0.454 e. The molecule has 1 aliphatic heterocycles. The van der Waals surface area contributed by atoms with Gasteiger partial charge in [0.25, 0.3) is 0 Å². The number of fused-ring (bicyclic) bond motifs is 1. The Hall–Kier alpha value is -0.970. The van der Waals surface area contributed by atoms with Crippen molar-refractivity contribution in [2.24, 2.45) is 5.90 Å². The third kappa shape index (κ3) is 1.52. The summed E-state index contributed by atoms with van der Waals surface area (Å²) >= 11 is 5.97. The number of nitrogens with two attached hydrogens (primary N) is 1. The van der Waals surface area contributed by atoms with Crippen LogP contribution in [0, 0.1) is 0 Å². The van der Waals surface area contributed by atoms with Gasteiger partial charge in [-0.1, -0.05) is 11.6 Å². The normalized spacial score (nSPS) is 15.6. The molecular weight excluding hydrogens is 206 g/mol. The Morgan fingerprint density at radius 1 is 1.50 bits per heavy atom. The number of rotatable bonds is 2. The molecule has 1 atom stereocenters. The summed E-state index contributed by atoms with van der Waals surface area (Å²) in [5.41, 5.74) is 0.863. The molecule has 0 bridgehead atoms. The SMILES string of the molecule is CC(ON)c1cc(Cl)c2c(c1)OCO2. The van der Waals surface area contributed by atoms with Gasteiger partial charge in [0.2, 0.25) is 6.79 Å². The van der Waals surface area contributed by atoms with Crippen LogP contribution in [-0.2, 0) is 4.84 Å². The molecule has 76 valence electrons. The second kappa shape index (κ2) is 3.65. The summed E-state index contributed by atoms with van der Waals surface area (Å²) < 4.78 is 10.4. The van der Waals surface area contributed by atoms with Crippen molar-refractivity contribution in [3.63, 3.8) is 0 Å². The molecule has 0 radical (unpaired) electrons. The molecule has 0 saturated heterocycles. The second-order valence-electron chi connectivity index (χ2n) is 3.01. The quantitative estimate of drug-likeness (QED) is 0.767. The summed E-state index contributed by atoms with van der Waals surface area (Å²) in [5.74, 6) is 6.30. The summed E-state index contributed by atoms with van der Waals surface area (Å²) in [5, 5.41) is 0.513. The van der Waals surface area contributed by atoms with Gasteiger partial charge in [0.1, 0.15) is 6.10 Å². The molecule has 1 heterocycles. The van der Waals surface area contributed by atoms with Gasteiger partial charge in [-0.05, 0) is 24.6 Å². The molecule has 0 fully saturated rings. The lowest BCUT2D eigenvalue weighted by atomic mass is 10.1. The Morgan fingerprint density at radius 3 is 3.00 bits per heavy atom. The van der Waals surface area contributed by atoms with Crippen molar-refractivity contribution in [1.29, 1.82) is 0 Å². The summed E-state index contributed by atoms with van der Waals surface area (Å²) in [6, 6.07) is 3.57. The minimum atomic E-state index is -0.220. The molecule has 0 spiro atoms. The van der Waals surface area contributed by atoms with Crippen molar-refractivity contribution in [3.05, 3.63) is 22.7 Å². The van der Waals surface area contributed by atoms with E-state index in [1.807, 2.05) is 13.0 Å². The predicted molar refractivity (Wildman–Crippen MR) is 51.3 cm³/mol. The third-order valence-electron chi connectivity index (χ3n) is 2.12. The lowest BCUT2D eigenvalue weighted by molar-refractivity contribution is 0.0663. The third-order valence-corrected chi connectivity index (χ3v) is 2.40. The van der Waals surface area contributed by atoms with E-state index in [1.165, 1.54) is 0 Å². The highest BCUT2D eigenvalue weighted by molar-refractivity contribution is 6.32. The topological polar surface area (TPSA) is 53.7 Å². The van der Waals surface area contributed by atoms with E-state index in [0.29, 0.717) is 16.5 Å². The summed E-state index contributed by atoms with van der Waals surface area (Å²) in [4.78, 5) is 4.70. The van der Waals surface area contributed by atoms with E-state index < -0.39 is 0 Å². The van der Waals surface area contributed by atoms with Crippen molar-refractivity contribution in [1.82, 2.24) is 0 Å². The molecule has 0 aromatic heterocycles. The van der Waals surface area contributed by atoms with Crippen molar-refractivity contribution in [3.8, 4) is 11.5 Å². The number of benzene rings is 1. The fourth-order valence-corrected chi connectivity index (χ4v) is 1.57. The standard InChI is InChI=1S/C9H10ClNO3/c1-5(14-11)6-2-7(10)9-8(3-6)12-4-13-9/h2-3,5H,4,11H2,1H3. The predicted octanol–water partition coefficient (Wildman–Crippen LogP) is 2.02. The summed E-state index contributed by atoms with van der Waals surface area (Å²) in [6.45, 7) is 2.03. The van der Waals surface area contributed by atoms with Crippen LogP contribution < -0.4 is 15.4 Å². The number of ether oxygens (including phenoxy) is 2. The van der Waals surface area contributed by atoms with Gasteiger partial charge in [-0.15, -0.1) is 0 Å². The van der Waals surface area contributed by atoms with Crippen LogP contribution in [0.2, 0.25) is 5.02 Å². The number of hydrogen-bond acceptors (Lipinski definition) is 4. The van der Waals surface area contributed by atoms with Crippen molar-refractivity contribution >= 4 is 11.6 Å². The highest BCUT2D eigenvalue weighted by atomic mass is 35.5. The van der Waals surface area contributed by atoms with Crippen LogP contribution in [0.25, 0.3) is 0 Å². The summed E-state index contributed by atoms with van der Waals surface area (Å²) in [6.07, 6.45) is -0.220. The van der Waals surface area contributed by atoms with Gasteiger partial charge in [-0.3, -0.25) is 4.84 Å². The van der Waals surface area contributed by atoms with Gasteiger partial charge in [0.05, 0.1) is 5.02 Å². The van der Waals surface area contributed by atoms with E-state index >= 15 is 0 Å². The molecule has 2 rings (SSSR count). The first-order valence-electron chi connectivity index (χ1n) is 4.17. The molecule has 4 nitrogen and oxygen atoms in total. The zero-order valence-corrected chi connectivity index (χ0v) is 8.38. The fraction of sp³-hybridized carbons (Fsp3) is 0.333. The lowest BCUT2D eigenvalue weighted by Gasteiger charge is -2.10. The molecule has 1 aromatic rings. The van der Waals surface area contributed by atoms with Crippen LogP contribution in [0.5, 0.6) is 11.5 Å². The zero-order chi connectivity index (χ0) is 10.1. The molecule has 0 aliphatic carbocycles. The molecule has 0 saturated carbocycles. The minimum absolute atomic E-state index is 0.205. The molecule has 1 aliphatic rings. The Labute approximate surface area is 86.5 Å². The Morgan fingerprint density at radius 2 is 2.29 bits per heavy atom. The number of hydrogen-bond donors (Lipinski definition) is 1. The van der Waals surface area contributed by atoms with Crippen LogP contribution >= 0.6 is 11.6 Å². The first-order chi connectivity index (χ1) is 6.72. The van der Waals surface area contributed by atoms with E-state index in [-0.39, 0.29) is 12.9 Å². The van der Waals surface area contributed by atoms with E-state index in [2.05, 4.69) is 0 Å². The Balaban J connectivity index is 2.41. The average Bonchev–Trinajstić information content (AvgIpc) is 2.64. The maximum absolute atomic E-state index is 5.97. The smallest absolute Gasteiger partial charge is 0.231 e. The van der Waals surface area contributed by atoms with Gasteiger partial charge in [-0.25, -0.2) is 5.90 Å². The van der Waals surface area contributed by atoms with E-state index in [0.717, 1.165) is 5.56 Å². The van der Waals surface area contributed by atoms with E-state index in [9.17, 15) is 0 Å². The molecular formula is C9H10ClNO3. The summed E-state index contributed by atoms with van der Waals surface area (Å²) in [7, 11) is 0. The Bertz CT molecular complexity index is 356. The fourth-order valence-electron chi connectivity index (χ4n) is 1.30. The molecule has 0 amide bonds. The van der Waals surface area contributed by atoms with Crippen molar-refractivity contribution in [2.75, 3.05) is 6.79 Å². The van der Waals surface area contributed by atoms with Gasteiger partial charge in [0, 0.05) is 0 Å². The van der Waals surface area contributed by atoms with E-state index in [4.69, 9.17) is 31.8 Å². The van der Waals surface area contributed by atoms with Gasteiger partial charge < -0.3 is 9.47 Å². The molecule has 1 aromatic carbocycles. The maximum atomic E-state index is 5.97. The maximum Gasteiger partial charge on any atom is 0.231 e. The highest BCUT2D eigenvalue weighted by Crippen LogP contribution is 2.41. The highest BCUT2D eigenvalue weighted by Gasteiger charge is 2.20. The average molecular weight is 216 g/mol. The molecule has 5 heteroatoms. The Kier molecular flexibility index (Phi) is 2.50. The van der Waals surface area contributed by atoms with Crippen molar-refractivity contribution < 1.29 is 14.3 Å². The van der Waals surface area contributed by atoms with E-state index in [1.54, 1.807) is 6.07 Å². The minimum Gasteiger partial charge on any atom is -0.454 e.